The van der Waals surface area contributed by atoms with Crippen LogP contribution in [-0.2, 0) is 5.41 Å². The van der Waals surface area contributed by atoms with Crippen LogP contribution in [0.25, 0.3) is 22.3 Å². The summed E-state index contributed by atoms with van der Waals surface area (Å²) in [6, 6.07) is 17.6. The van der Waals surface area contributed by atoms with Crippen molar-refractivity contribution in [2.24, 2.45) is 0 Å². The number of aryl methyl sites for hydroxylation is 8. The van der Waals surface area contributed by atoms with Gasteiger partial charge in [-0.3, -0.25) is 0 Å². The molecule has 0 unspecified atom stereocenters. The predicted octanol–water partition coefficient (Wildman–Crippen LogP) is 9.23. The Kier molecular flexibility index (Phi) is 6.75. The molecule has 0 saturated heterocycles. The van der Waals surface area contributed by atoms with Gasteiger partial charge in [0.2, 0.25) is 0 Å². The molecule has 0 amide bonds. The number of rotatable bonds is 4. The Morgan fingerprint density at radius 3 is 0.892 bits per heavy atom. The zero-order valence-electron chi connectivity index (χ0n) is 24.0. The molecule has 4 aromatic rings. The normalized spacial score (nSPS) is 11.7. The summed E-state index contributed by atoms with van der Waals surface area (Å²) in [5, 5.41) is 20.5. The van der Waals surface area contributed by atoms with Gasteiger partial charge in [-0.05, 0) is 158 Å². The molecule has 0 atom stereocenters. The zero-order chi connectivity index (χ0) is 27.4. The van der Waals surface area contributed by atoms with Crippen molar-refractivity contribution >= 4 is 0 Å². The molecular weight excluding hydrogens is 452 g/mol. The molecule has 0 heterocycles. The summed E-state index contributed by atoms with van der Waals surface area (Å²) in [4.78, 5) is 0. The molecule has 2 heteroatoms. The molecule has 0 fully saturated rings. The van der Waals surface area contributed by atoms with Gasteiger partial charge in [0.15, 0.2) is 0 Å². The third-order valence-electron chi connectivity index (χ3n) is 8.07. The highest BCUT2D eigenvalue weighted by atomic mass is 16.3. The lowest BCUT2D eigenvalue weighted by Gasteiger charge is -2.30. The SMILES string of the molecule is Cc1cc(-c2c(C)cc(C(C)(C)c3cc(C)c(-c4cc(C)c(O)c(C)c4)c(C)c3)cc2C)cc(C)c1O. The lowest BCUT2D eigenvalue weighted by Crippen LogP contribution is -2.20. The predicted molar refractivity (Wildman–Crippen MR) is 157 cm³/mol. The number of hydrogen-bond acceptors (Lipinski definition) is 2. The van der Waals surface area contributed by atoms with Crippen molar-refractivity contribution in [3.8, 4) is 33.8 Å². The molecule has 0 aliphatic carbocycles. The number of phenolic OH excluding ortho intramolecular Hbond substituents is 2. The maximum Gasteiger partial charge on any atom is 0.121 e. The van der Waals surface area contributed by atoms with Crippen LogP contribution in [0, 0.1) is 55.4 Å². The molecule has 0 aliphatic heterocycles. The number of phenols is 2. The van der Waals surface area contributed by atoms with E-state index in [2.05, 4.69) is 90.1 Å². The van der Waals surface area contributed by atoms with Crippen molar-refractivity contribution in [3.05, 3.63) is 104 Å². The Morgan fingerprint density at radius 2 is 0.649 bits per heavy atom. The van der Waals surface area contributed by atoms with E-state index >= 15 is 0 Å². The molecule has 2 nitrogen and oxygen atoms in total. The smallest absolute Gasteiger partial charge is 0.121 e. The first-order chi connectivity index (χ1) is 17.2. The third-order valence-corrected chi connectivity index (χ3v) is 8.07. The van der Waals surface area contributed by atoms with E-state index < -0.39 is 0 Å². The summed E-state index contributed by atoms with van der Waals surface area (Å²) >= 11 is 0. The van der Waals surface area contributed by atoms with Crippen LogP contribution in [0.15, 0.2) is 48.5 Å². The minimum atomic E-state index is -0.177. The van der Waals surface area contributed by atoms with Crippen molar-refractivity contribution < 1.29 is 10.2 Å². The Hall–Kier alpha value is -3.52. The highest BCUT2D eigenvalue weighted by Crippen LogP contribution is 2.41. The van der Waals surface area contributed by atoms with Crippen LogP contribution in [0.1, 0.15) is 69.5 Å². The average molecular weight is 493 g/mol. The molecule has 0 spiro atoms. The first-order valence-electron chi connectivity index (χ1n) is 13.1. The van der Waals surface area contributed by atoms with Gasteiger partial charge in [-0.1, -0.05) is 38.1 Å². The molecule has 0 saturated carbocycles. The van der Waals surface area contributed by atoms with Gasteiger partial charge in [-0.15, -0.1) is 0 Å². The van der Waals surface area contributed by atoms with E-state index in [4.69, 9.17) is 0 Å². The minimum absolute atomic E-state index is 0.177. The summed E-state index contributed by atoms with van der Waals surface area (Å²) in [7, 11) is 0. The molecule has 4 aromatic carbocycles. The van der Waals surface area contributed by atoms with Crippen molar-refractivity contribution in [3.63, 3.8) is 0 Å². The first-order valence-corrected chi connectivity index (χ1v) is 13.1. The number of hydrogen-bond donors (Lipinski definition) is 2. The molecule has 4 rings (SSSR count). The van der Waals surface area contributed by atoms with Gasteiger partial charge in [-0.2, -0.15) is 0 Å². The topological polar surface area (TPSA) is 40.5 Å². The molecule has 0 radical (unpaired) electrons. The average Bonchev–Trinajstić information content (AvgIpc) is 2.79. The second-order valence-electron chi connectivity index (χ2n) is 11.5. The van der Waals surface area contributed by atoms with E-state index in [-0.39, 0.29) is 5.41 Å². The number of aromatic hydroxyl groups is 2. The van der Waals surface area contributed by atoms with Crippen LogP contribution in [0.2, 0.25) is 0 Å². The van der Waals surface area contributed by atoms with Crippen LogP contribution >= 0.6 is 0 Å². The van der Waals surface area contributed by atoms with E-state index in [0.717, 1.165) is 33.4 Å². The van der Waals surface area contributed by atoms with E-state index in [9.17, 15) is 10.2 Å². The summed E-state index contributed by atoms with van der Waals surface area (Å²) < 4.78 is 0. The molecule has 0 aliphatic rings. The fourth-order valence-electron chi connectivity index (χ4n) is 5.93. The molecule has 2 N–H and O–H groups in total. The van der Waals surface area contributed by atoms with Gasteiger partial charge in [0.1, 0.15) is 11.5 Å². The second-order valence-corrected chi connectivity index (χ2v) is 11.5. The highest BCUT2D eigenvalue weighted by Gasteiger charge is 2.26. The van der Waals surface area contributed by atoms with Gasteiger partial charge in [-0.25, -0.2) is 0 Å². The van der Waals surface area contributed by atoms with Crippen LogP contribution in [-0.4, -0.2) is 10.2 Å². The van der Waals surface area contributed by atoms with Crippen LogP contribution in [0.5, 0.6) is 11.5 Å². The van der Waals surface area contributed by atoms with E-state index in [1.165, 1.54) is 44.5 Å². The summed E-state index contributed by atoms with van der Waals surface area (Å²) in [6.07, 6.45) is 0. The highest BCUT2D eigenvalue weighted by molar-refractivity contribution is 5.76. The van der Waals surface area contributed by atoms with Gasteiger partial charge in [0, 0.05) is 5.41 Å². The number of benzene rings is 4. The molecule has 192 valence electrons. The maximum absolute atomic E-state index is 10.3. The van der Waals surface area contributed by atoms with Gasteiger partial charge < -0.3 is 10.2 Å². The molecule has 0 bridgehead atoms. The summed E-state index contributed by atoms with van der Waals surface area (Å²) in [6.45, 7) is 21.2. The van der Waals surface area contributed by atoms with Crippen LogP contribution < -0.4 is 0 Å². The van der Waals surface area contributed by atoms with E-state index in [0.29, 0.717) is 11.5 Å². The fraction of sp³-hybridized carbons (Fsp3) is 0.314. The van der Waals surface area contributed by atoms with E-state index in [1.54, 1.807) is 0 Å². The van der Waals surface area contributed by atoms with Gasteiger partial charge in [0.05, 0.1) is 0 Å². The van der Waals surface area contributed by atoms with Gasteiger partial charge >= 0.3 is 0 Å². The third kappa shape index (κ3) is 4.66. The van der Waals surface area contributed by atoms with Crippen molar-refractivity contribution in [2.75, 3.05) is 0 Å². The standard InChI is InChI=1S/C35H40O2/c1-19-15-29(16-20(2)31(19)27-11-23(5)33(36)24(6)12-27)35(9,10)30-17-21(3)32(22(4)18-30)28-13-25(7)34(37)26(8)14-28/h11-18,36-37H,1-10H3. The maximum atomic E-state index is 10.3. The first kappa shape index (κ1) is 26.5. The fourth-order valence-corrected chi connectivity index (χ4v) is 5.93. The lowest BCUT2D eigenvalue weighted by atomic mass is 9.74. The van der Waals surface area contributed by atoms with E-state index in [1.807, 2.05) is 27.7 Å². The van der Waals surface area contributed by atoms with Crippen molar-refractivity contribution in [2.45, 2.75) is 74.7 Å². The quantitative estimate of drug-likeness (QED) is 0.298. The monoisotopic (exact) mass is 492 g/mol. The molecule has 37 heavy (non-hydrogen) atoms. The minimum Gasteiger partial charge on any atom is -0.507 e. The van der Waals surface area contributed by atoms with Crippen LogP contribution in [0.3, 0.4) is 0 Å². The Bertz CT molecular complexity index is 1330. The van der Waals surface area contributed by atoms with Crippen molar-refractivity contribution in [1.82, 2.24) is 0 Å². The Labute approximate surface area is 222 Å². The molecule has 0 aromatic heterocycles. The Balaban J connectivity index is 1.80. The Morgan fingerprint density at radius 1 is 0.405 bits per heavy atom. The summed E-state index contributed by atoms with van der Waals surface area (Å²) in [5.74, 6) is 0.757. The van der Waals surface area contributed by atoms with Crippen LogP contribution in [0.4, 0.5) is 0 Å². The zero-order valence-corrected chi connectivity index (χ0v) is 24.0. The van der Waals surface area contributed by atoms with Crippen molar-refractivity contribution in [1.29, 1.82) is 0 Å². The van der Waals surface area contributed by atoms with Gasteiger partial charge in [0.25, 0.3) is 0 Å². The lowest BCUT2D eigenvalue weighted by molar-refractivity contribution is 0.466. The largest absolute Gasteiger partial charge is 0.507 e. The second kappa shape index (κ2) is 9.41. The molecular formula is C35H40O2. The summed E-state index contributed by atoms with van der Waals surface area (Å²) in [5.41, 5.74) is 15.8.